The van der Waals surface area contributed by atoms with E-state index in [1.165, 1.54) is 12.1 Å². The number of sulfonamides is 1. The van der Waals surface area contributed by atoms with Crippen LogP contribution in [0.2, 0.25) is 0 Å². The predicted octanol–water partition coefficient (Wildman–Crippen LogP) is 1.70. The van der Waals surface area contributed by atoms with Crippen molar-refractivity contribution in [3.05, 3.63) is 35.7 Å². The third-order valence-corrected chi connectivity index (χ3v) is 4.63. The molecule has 0 aliphatic rings. The molecular weight excluding hydrogens is 286 g/mol. The fourth-order valence-corrected chi connectivity index (χ4v) is 3.24. The van der Waals surface area contributed by atoms with Gasteiger partial charge in [-0.3, -0.25) is 4.72 Å². The summed E-state index contributed by atoms with van der Waals surface area (Å²) < 4.78 is 30.4. The quantitative estimate of drug-likeness (QED) is 0.896. The molecule has 6 nitrogen and oxygen atoms in total. The number of hydrogen-bond acceptors (Lipinski definition) is 6. The normalized spacial score (nSPS) is 13.2. The van der Waals surface area contributed by atoms with Crippen LogP contribution in [0, 0.1) is 6.92 Å². The first kappa shape index (κ1) is 13.9. The summed E-state index contributed by atoms with van der Waals surface area (Å²) in [6.45, 7) is 3.30. The lowest BCUT2D eigenvalue weighted by molar-refractivity contribution is 0.199. The highest BCUT2D eigenvalue weighted by atomic mass is 32.2. The molecule has 0 saturated carbocycles. The predicted molar refractivity (Wildman–Crippen MR) is 72.5 cm³/mol. The second-order valence-corrected chi connectivity index (χ2v) is 6.43. The first-order chi connectivity index (χ1) is 8.88. The summed E-state index contributed by atoms with van der Waals surface area (Å²) >= 11 is 0.988. The van der Waals surface area contributed by atoms with Crippen LogP contribution in [0.1, 0.15) is 24.4 Å². The van der Waals surface area contributed by atoms with Crippen LogP contribution in [-0.4, -0.2) is 22.9 Å². The van der Waals surface area contributed by atoms with Crippen molar-refractivity contribution >= 4 is 26.7 Å². The molecule has 8 heteroatoms. The van der Waals surface area contributed by atoms with Gasteiger partial charge in [0.25, 0.3) is 10.0 Å². The molecule has 2 aromatic rings. The molecule has 1 aromatic heterocycles. The van der Waals surface area contributed by atoms with Gasteiger partial charge in [-0.05, 0) is 31.5 Å². The van der Waals surface area contributed by atoms with Crippen molar-refractivity contribution in [3.8, 4) is 0 Å². The third kappa shape index (κ3) is 3.28. The van der Waals surface area contributed by atoms with Crippen LogP contribution in [0.3, 0.4) is 0 Å². The minimum absolute atomic E-state index is 0.116. The summed E-state index contributed by atoms with van der Waals surface area (Å²) in [7, 11) is -3.67. The van der Waals surface area contributed by atoms with Crippen molar-refractivity contribution in [2.24, 2.45) is 0 Å². The highest BCUT2D eigenvalue weighted by Crippen LogP contribution is 2.19. The lowest BCUT2D eigenvalue weighted by Crippen LogP contribution is -2.12. The van der Waals surface area contributed by atoms with Gasteiger partial charge >= 0.3 is 0 Å². The molecule has 0 aliphatic carbocycles. The van der Waals surface area contributed by atoms with E-state index in [-0.39, 0.29) is 10.0 Å². The van der Waals surface area contributed by atoms with E-state index in [4.69, 9.17) is 0 Å². The Morgan fingerprint density at radius 1 is 1.32 bits per heavy atom. The number of nitrogens with one attached hydrogen (secondary N) is 1. The summed E-state index contributed by atoms with van der Waals surface area (Å²) in [5.74, 6) is 0.521. The highest BCUT2D eigenvalue weighted by molar-refractivity contribution is 7.93. The van der Waals surface area contributed by atoms with Crippen LogP contribution < -0.4 is 4.72 Å². The summed E-state index contributed by atoms with van der Waals surface area (Å²) in [4.78, 5) is 4.06. The van der Waals surface area contributed by atoms with Crippen LogP contribution in [0.15, 0.2) is 29.2 Å². The van der Waals surface area contributed by atoms with E-state index in [0.29, 0.717) is 11.4 Å². The van der Waals surface area contributed by atoms with Gasteiger partial charge in [0.15, 0.2) is 0 Å². The van der Waals surface area contributed by atoms with Gasteiger partial charge in [-0.2, -0.15) is 4.37 Å². The van der Waals surface area contributed by atoms with Crippen LogP contribution in [0.4, 0.5) is 5.13 Å². The van der Waals surface area contributed by atoms with Gasteiger partial charge in [0.2, 0.25) is 5.13 Å². The maximum Gasteiger partial charge on any atom is 0.263 e. The van der Waals surface area contributed by atoms with Crippen LogP contribution in [0.25, 0.3) is 0 Å². The Hall–Kier alpha value is -1.51. The largest absolute Gasteiger partial charge is 0.389 e. The summed E-state index contributed by atoms with van der Waals surface area (Å²) in [6, 6.07) is 6.03. The molecule has 0 saturated heterocycles. The molecule has 2 rings (SSSR count). The first-order valence-corrected chi connectivity index (χ1v) is 7.75. The molecule has 0 bridgehead atoms. The molecule has 0 aliphatic heterocycles. The molecule has 0 radical (unpaired) electrons. The van der Waals surface area contributed by atoms with E-state index < -0.39 is 16.1 Å². The zero-order valence-corrected chi connectivity index (χ0v) is 12.0. The van der Waals surface area contributed by atoms with E-state index >= 15 is 0 Å². The van der Waals surface area contributed by atoms with Crippen molar-refractivity contribution < 1.29 is 13.5 Å². The smallest absolute Gasteiger partial charge is 0.263 e. The van der Waals surface area contributed by atoms with Gasteiger partial charge in [0, 0.05) is 11.5 Å². The Bertz CT molecular complexity index is 663. The second kappa shape index (κ2) is 5.24. The van der Waals surface area contributed by atoms with Crippen LogP contribution in [0.5, 0.6) is 0 Å². The average molecular weight is 299 g/mol. The summed E-state index contributed by atoms with van der Waals surface area (Å²) in [5.41, 5.74) is 0.658. The highest BCUT2D eigenvalue weighted by Gasteiger charge is 2.16. The topological polar surface area (TPSA) is 92.2 Å². The molecule has 0 fully saturated rings. The van der Waals surface area contributed by atoms with E-state index in [0.717, 1.165) is 11.5 Å². The van der Waals surface area contributed by atoms with Gasteiger partial charge in [0.05, 0.1) is 11.0 Å². The summed E-state index contributed by atoms with van der Waals surface area (Å²) in [5, 5.41) is 9.61. The monoisotopic (exact) mass is 299 g/mol. The average Bonchev–Trinajstić information content (AvgIpc) is 2.74. The number of aryl methyl sites for hydroxylation is 1. The number of hydrogen-bond donors (Lipinski definition) is 2. The fraction of sp³-hybridized carbons (Fsp3) is 0.273. The molecule has 1 heterocycles. The van der Waals surface area contributed by atoms with Crippen molar-refractivity contribution in [2.75, 3.05) is 4.72 Å². The molecule has 1 unspecified atom stereocenters. The minimum atomic E-state index is -3.67. The van der Waals surface area contributed by atoms with E-state index in [1.807, 2.05) is 0 Å². The Kier molecular flexibility index (Phi) is 3.83. The molecule has 102 valence electrons. The second-order valence-electron chi connectivity index (χ2n) is 4.00. The molecule has 1 atom stereocenters. The van der Waals surface area contributed by atoms with Gasteiger partial charge in [0.1, 0.15) is 5.82 Å². The van der Waals surface area contributed by atoms with Crippen LogP contribution >= 0.6 is 11.5 Å². The molecule has 0 spiro atoms. The minimum Gasteiger partial charge on any atom is -0.389 e. The third-order valence-electron chi connectivity index (χ3n) is 2.42. The fourth-order valence-electron chi connectivity index (χ4n) is 1.44. The Morgan fingerprint density at radius 3 is 2.42 bits per heavy atom. The lowest BCUT2D eigenvalue weighted by Gasteiger charge is -2.07. The van der Waals surface area contributed by atoms with Crippen molar-refractivity contribution in [1.29, 1.82) is 0 Å². The van der Waals surface area contributed by atoms with Gasteiger partial charge < -0.3 is 5.11 Å². The van der Waals surface area contributed by atoms with Gasteiger partial charge in [-0.1, -0.05) is 12.1 Å². The van der Waals surface area contributed by atoms with Gasteiger partial charge in [-0.25, -0.2) is 13.4 Å². The Balaban J connectivity index is 2.24. The number of rotatable bonds is 4. The maximum atomic E-state index is 12.1. The molecule has 2 N–H and O–H groups in total. The van der Waals surface area contributed by atoms with Crippen molar-refractivity contribution in [3.63, 3.8) is 0 Å². The Labute approximate surface area is 115 Å². The summed E-state index contributed by atoms with van der Waals surface area (Å²) in [6.07, 6.45) is -0.629. The number of nitrogens with zero attached hydrogens (tertiary/aromatic N) is 2. The number of aromatic nitrogens is 2. The van der Waals surface area contributed by atoms with Crippen molar-refractivity contribution in [2.45, 2.75) is 24.8 Å². The number of aliphatic hydroxyl groups is 1. The molecule has 1 aromatic carbocycles. The van der Waals surface area contributed by atoms with E-state index in [9.17, 15) is 13.5 Å². The van der Waals surface area contributed by atoms with E-state index in [2.05, 4.69) is 14.1 Å². The first-order valence-electron chi connectivity index (χ1n) is 5.49. The zero-order valence-electron chi connectivity index (χ0n) is 10.4. The Morgan fingerprint density at radius 2 is 1.95 bits per heavy atom. The molecular formula is C11H13N3O3S2. The maximum absolute atomic E-state index is 12.1. The lowest BCUT2D eigenvalue weighted by atomic mass is 10.1. The molecule has 0 amide bonds. The van der Waals surface area contributed by atoms with Crippen LogP contribution in [-0.2, 0) is 10.0 Å². The van der Waals surface area contributed by atoms with E-state index in [1.54, 1.807) is 26.0 Å². The standard InChI is InChI=1S/C11H13N3O3S2/c1-7(15)9-3-5-10(6-4-9)19(16,17)14-11-12-8(2)13-18-11/h3-7,15H,1-2H3,(H,12,13,14). The number of aliphatic hydroxyl groups excluding tert-OH is 1. The zero-order chi connectivity index (χ0) is 14.0. The van der Waals surface area contributed by atoms with Crippen molar-refractivity contribution in [1.82, 2.24) is 9.36 Å². The number of anilines is 1. The SMILES string of the molecule is Cc1nsc(NS(=O)(=O)c2ccc(C(C)O)cc2)n1. The molecule has 19 heavy (non-hydrogen) atoms. The number of benzene rings is 1. The van der Waals surface area contributed by atoms with Gasteiger partial charge in [-0.15, -0.1) is 0 Å².